The van der Waals surface area contributed by atoms with E-state index in [1.54, 1.807) is 24.3 Å². The minimum Gasteiger partial charge on any atom is -0.507 e. The molecule has 1 aliphatic rings. The molecule has 5 nitrogen and oxygen atoms in total. The molecule has 31 heavy (non-hydrogen) atoms. The molecule has 0 aromatic heterocycles. The van der Waals surface area contributed by atoms with Crippen molar-refractivity contribution < 1.29 is 19.4 Å². The normalized spacial score (nSPS) is 17.7. The third kappa shape index (κ3) is 3.70. The van der Waals surface area contributed by atoms with Gasteiger partial charge in [-0.3, -0.25) is 14.5 Å². The van der Waals surface area contributed by atoms with Gasteiger partial charge in [-0.05, 0) is 55.3 Å². The van der Waals surface area contributed by atoms with Gasteiger partial charge in [0.2, 0.25) is 0 Å². The largest absolute Gasteiger partial charge is 0.507 e. The minimum absolute atomic E-state index is 0.0728. The molecular weight excluding hydrogens is 390 g/mol. The standard InChI is InChI=1S/C26H23NO4/c1-3-31-20-15-13-19(14-16-20)24(28)22-23(18-10-5-4-6-11-18)27(26(30)25(22)29)21-12-8-7-9-17(21)2/h4-16,23,28H,3H2,1-2H3/b24-22+. The Balaban J connectivity index is 1.89. The Kier molecular flexibility index (Phi) is 5.58. The highest BCUT2D eigenvalue weighted by Gasteiger charge is 2.47. The first kappa shape index (κ1) is 20.4. The number of carbonyl (C=O) groups excluding carboxylic acids is 2. The van der Waals surface area contributed by atoms with E-state index >= 15 is 0 Å². The SMILES string of the molecule is CCOc1ccc(/C(O)=C2\C(=O)C(=O)N(c3ccccc3C)C2c2ccccc2)cc1. The van der Waals surface area contributed by atoms with Gasteiger partial charge in [0.05, 0.1) is 18.2 Å². The first-order chi connectivity index (χ1) is 15.0. The summed E-state index contributed by atoms with van der Waals surface area (Å²) in [6.07, 6.45) is 0. The lowest BCUT2D eigenvalue weighted by molar-refractivity contribution is -0.132. The molecule has 1 unspecified atom stereocenters. The molecule has 156 valence electrons. The van der Waals surface area contributed by atoms with Crippen LogP contribution in [0.4, 0.5) is 5.69 Å². The number of hydrogen-bond donors (Lipinski definition) is 1. The number of aliphatic hydroxyl groups is 1. The second kappa shape index (κ2) is 8.48. The number of carbonyl (C=O) groups is 2. The van der Waals surface area contributed by atoms with Gasteiger partial charge in [0, 0.05) is 11.3 Å². The van der Waals surface area contributed by atoms with Gasteiger partial charge in [-0.2, -0.15) is 0 Å². The summed E-state index contributed by atoms with van der Waals surface area (Å²) in [6, 6.07) is 22.8. The number of anilines is 1. The molecule has 1 amide bonds. The van der Waals surface area contributed by atoms with Gasteiger partial charge in [0.15, 0.2) is 0 Å². The molecule has 3 aromatic carbocycles. The molecule has 1 N–H and O–H groups in total. The van der Waals surface area contributed by atoms with Gasteiger partial charge >= 0.3 is 0 Å². The van der Waals surface area contributed by atoms with E-state index in [1.807, 2.05) is 68.4 Å². The van der Waals surface area contributed by atoms with Crippen molar-refractivity contribution in [2.75, 3.05) is 11.5 Å². The molecule has 3 aromatic rings. The van der Waals surface area contributed by atoms with Crippen molar-refractivity contribution in [3.05, 3.63) is 101 Å². The predicted molar refractivity (Wildman–Crippen MR) is 120 cm³/mol. The van der Waals surface area contributed by atoms with Crippen molar-refractivity contribution in [2.24, 2.45) is 0 Å². The summed E-state index contributed by atoms with van der Waals surface area (Å²) in [4.78, 5) is 27.8. The molecule has 4 rings (SSSR count). The van der Waals surface area contributed by atoms with Gasteiger partial charge in [0.1, 0.15) is 11.5 Å². The van der Waals surface area contributed by atoms with E-state index in [2.05, 4.69) is 0 Å². The molecule has 1 saturated heterocycles. The van der Waals surface area contributed by atoms with E-state index < -0.39 is 17.7 Å². The highest BCUT2D eigenvalue weighted by atomic mass is 16.5. The summed E-state index contributed by atoms with van der Waals surface area (Å²) in [7, 11) is 0. The number of rotatable bonds is 5. The van der Waals surface area contributed by atoms with Crippen LogP contribution in [0.1, 0.15) is 29.7 Å². The zero-order valence-corrected chi connectivity index (χ0v) is 17.4. The van der Waals surface area contributed by atoms with Crippen molar-refractivity contribution in [1.82, 2.24) is 0 Å². The van der Waals surface area contributed by atoms with Gasteiger partial charge in [-0.1, -0.05) is 48.5 Å². The second-order valence-electron chi connectivity index (χ2n) is 7.32. The molecule has 1 aliphatic heterocycles. The van der Waals surface area contributed by atoms with Gasteiger partial charge < -0.3 is 9.84 Å². The Morgan fingerprint density at radius 2 is 1.58 bits per heavy atom. The average molecular weight is 413 g/mol. The highest BCUT2D eigenvalue weighted by molar-refractivity contribution is 6.51. The maximum absolute atomic E-state index is 13.1. The summed E-state index contributed by atoms with van der Waals surface area (Å²) in [5, 5.41) is 11.1. The highest BCUT2D eigenvalue weighted by Crippen LogP contribution is 2.43. The number of aryl methyl sites for hydroxylation is 1. The Morgan fingerprint density at radius 3 is 2.23 bits per heavy atom. The Hall–Kier alpha value is -3.86. The van der Waals surface area contributed by atoms with E-state index in [-0.39, 0.29) is 11.3 Å². The van der Waals surface area contributed by atoms with Crippen LogP contribution in [0.25, 0.3) is 5.76 Å². The fourth-order valence-corrected chi connectivity index (χ4v) is 3.90. The van der Waals surface area contributed by atoms with Crippen LogP contribution < -0.4 is 9.64 Å². The Labute approximate surface area is 181 Å². The molecule has 0 aliphatic carbocycles. The second-order valence-corrected chi connectivity index (χ2v) is 7.32. The fourth-order valence-electron chi connectivity index (χ4n) is 3.90. The zero-order chi connectivity index (χ0) is 22.0. The first-order valence-corrected chi connectivity index (χ1v) is 10.2. The number of ketones is 1. The van der Waals surface area contributed by atoms with E-state index in [0.29, 0.717) is 23.6 Å². The predicted octanol–water partition coefficient (Wildman–Crippen LogP) is 5.02. The zero-order valence-electron chi connectivity index (χ0n) is 17.4. The van der Waals surface area contributed by atoms with Gasteiger partial charge in [-0.15, -0.1) is 0 Å². The maximum atomic E-state index is 13.1. The molecule has 0 bridgehead atoms. The van der Waals surface area contributed by atoms with Crippen molar-refractivity contribution in [3.63, 3.8) is 0 Å². The molecule has 1 heterocycles. The third-order valence-corrected chi connectivity index (χ3v) is 5.37. The number of hydrogen-bond acceptors (Lipinski definition) is 4. The van der Waals surface area contributed by atoms with E-state index in [0.717, 1.165) is 11.1 Å². The Morgan fingerprint density at radius 1 is 0.935 bits per heavy atom. The number of amides is 1. The van der Waals surface area contributed by atoms with Gasteiger partial charge in [-0.25, -0.2) is 0 Å². The van der Waals surface area contributed by atoms with Crippen molar-refractivity contribution in [3.8, 4) is 5.75 Å². The summed E-state index contributed by atoms with van der Waals surface area (Å²) in [6.45, 7) is 4.31. The van der Waals surface area contributed by atoms with Crippen molar-refractivity contribution >= 4 is 23.1 Å². The van der Waals surface area contributed by atoms with Crippen LogP contribution in [0.15, 0.2) is 84.4 Å². The molecule has 5 heteroatoms. The van der Waals surface area contributed by atoms with Crippen LogP contribution >= 0.6 is 0 Å². The quantitative estimate of drug-likeness (QED) is 0.362. The van der Waals surface area contributed by atoms with Crippen LogP contribution in [-0.2, 0) is 9.59 Å². The summed E-state index contributed by atoms with van der Waals surface area (Å²) in [5.41, 5.74) is 2.78. The lowest BCUT2D eigenvalue weighted by Crippen LogP contribution is -2.30. The van der Waals surface area contributed by atoms with Gasteiger partial charge in [0.25, 0.3) is 11.7 Å². The average Bonchev–Trinajstić information content (AvgIpc) is 3.05. The Bertz CT molecular complexity index is 1150. The number of nitrogens with zero attached hydrogens (tertiary/aromatic N) is 1. The molecule has 0 saturated carbocycles. The molecule has 1 fully saturated rings. The lowest BCUT2D eigenvalue weighted by Gasteiger charge is -2.26. The van der Waals surface area contributed by atoms with Crippen molar-refractivity contribution in [2.45, 2.75) is 19.9 Å². The lowest BCUT2D eigenvalue weighted by atomic mass is 9.95. The molecule has 0 radical (unpaired) electrons. The minimum atomic E-state index is -0.728. The van der Waals surface area contributed by atoms with Crippen LogP contribution in [-0.4, -0.2) is 23.4 Å². The number of benzene rings is 3. The molecular formula is C26H23NO4. The van der Waals surface area contributed by atoms with Crippen LogP contribution in [0.3, 0.4) is 0 Å². The monoisotopic (exact) mass is 413 g/mol. The van der Waals surface area contributed by atoms with Crippen LogP contribution in [0.5, 0.6) is 5.75 Å². The van der Waals surface area contributed by atoms with Crippen LogP contribution in [0, 0.1) is 6.92 Å². The topological polar surface area (TPSA) is 66.8 Å². The number of aliphatic hydroxyl groups excluding tert-OH is 1. The number of para-hydroxylation sites is 1. The van der Waals surface area contributed by atoms with E-state index in [9.17, 15) is 14.7 Å². The van der Waals surface area contributed by atoms with E-state index in [4.69, 9.17) is 4.74 Å². The number of Topliss-reactive ketones (excluding diaryl/α,β-unsaturated/α-hetero) is 1. The summed E-state index contributed by atoms with van der Waals surface area (Å²) >= 11 is 0. The summed E-state index contributed by atoms with van der Waals surface area (Å²) in [5.74, 6) is -0.899. The van der Waals surface area contributed by atoms with Crippen molar-refractivity contribution in [1.29, 1.82) is 0 Å². The fraction of sp³-hybridized carbons (Fsp3) is 0.154. The molecule has 0 spiro atoms. The maximum Gasteiger partial charge on any atom is 0.300 e. The summed E-state index contributed by atoms with van der Waals surface area (Å²) < 4.78 is 5.46. The first-order valence-electron chi connectivity index (χ1n) is 10.2. The smallest absolute Gasteiger partial charge is 0.300 e. The number of ether oxygens (including phenoxy) is 1. The van der Waals surface area contributed by atoms with Crippen LogP contribution in [0.2, 0.25) is 0 Å². The third-order valence-electron chi connectivity index (χ3n) is 5.37. The molecule has 1 atom stereocenters. The van der Waals surface area contributed by atoms with E-state index in [1.165, 1.54) is 4.90 Å².